The van der Waals surface area contributed by atoms with E-state index in [-0.39, 0.29) is 29.3 Å². The Kier molecular flexibility index (Phi) is 5.02. The van der Waals surface area contributed by atoms with Gasteiger partial charge in [-0.3, -0.25) is 4.79 Å². The van der Waals surface area contributed by atoms with Gasteiger partial charge in [-0.1, -0.05) is 6.07 Å². The van der Waals surface area contributed by atoms with E-state index < -0.39 is 16.0 Å². The molecule has 3 N–H and O–H groups in total. The number of hydrogen-bond donors (Lipinski definition) is 3. The van der Waals surface area contributed by atoms with Crippen LogP contribution >= 0.6 is 0 Å². The number of carboxylic acid groups (broad SMARTS) is 1. The molecule has 0 unspecified atom stereocenters. The van der Waals surface area contributed by atoms with Crippen molar-refractivity contribution in [3.8, 4) is 0 Å². The standard InChI is InChI=1S/C11H14N2O5S/c1-12-10(14)5-6-13-19(17,18)9-4-2-3-8(7-9)11(15)16/h2-4,7,13H,5-6H2,1H3,(H,12,14)(H,15,16). The van der Waals surface area contributed by atoms with Crippen molar-refractivity contribution in [3.63, 3.8) is 0 Å². The summed E-state index contributed by atoms with van der Waals surface area (Å²) in [6.45, 7) is -0.0562. The normalized spacial score (nSPS) is 11.0. The number of sulfonamides is 1. The maximum absolute atomic E-state index is 11.8. The summed E-state index contributed by atoms with van der Waals surface area (Å²) in [7, 11) is -2.36. The molecule has 0 heterocycles. The van der Waals surface area contributed by atoms with Crippen molar-refractivity contribution in [1.82, 2.24) is 10.0 Å². The van der Waals surface area contributed by atoms with Gasteiger partial charge in [-0.05, 0) is 18.2 Å². The first kappa shape index (κ1) is 15.1. The lowest BCUT2D eigenvalue weighted by Gasteiger charge is -2.06. The topological polar surface area (TPSA) is 113 Å². The van der Waals surface area contributed by atoms with Crippen molar-refractivity contribution in [2.45, 2.75) is 11.3 Å². The molecule has 0 aliphatic carbocycles. The fourth-order valence-corrected chi connectivity index (χ4v) is 2.38. The zero-order chi connectivity index (χ0) is 14.5. The summed E-state index contributed by atoms with van der Waals surface area (Å²) >= 11 is 0. The van der Waals surface area contributed by atoms with Crippen molar-refractivity contribution in [2.24, 2.45) is 0 Å². The van der Waals surface area contributed by atoms with E-state index in [0.29, 0.717) is 0 Å². The predicted octanol–water partition coefficient (Wildman–Crippen LogP) is -0.201. The van der Waals surface area contributed by atoms with E-state index >= 15 is 0 Å². The molecule has 0 atom stereocenters. The maximum Gasteiger partial charge on any atom is 0.335 e. The van der Waals surface area contributed by atoms with Gasteiger partial charge in [0.2, 0.25) is 15.9 Å². The van der Waals surface area contributed by atoms with Crippen LogP contribution in [0, 0.1) is 0 Å². The van der Waals surface area contributed by atoms with E-state index in [0.717, 1.165) is 6.07 Å². The Labute approximate surface area is 110 Å². The van der Waals surface area contributed by atoms with Gasteiger partial charge in [0.25, 0.3) is 0 Å². The number of benzene rings is 1. The van der Waals surface area contributed by atoms with Crippen LogP contribution in [0.25, 0.3) is 0 Å². The van der Waals surface area contributed by atoms with E-state index in [4.69, 9.17) is 5.11 Å². The third-order valence-electron chi connectivity index (χ3n) is 2.31. The Hall–Kier alpha value is -1.93. The number of nitrogens with one attached hydrogen (secondary N) is 2. The second-order valence-electron chi connectivity index (χ2n) is 3.65. The Balaban J connectivity index is 2.80. The Bertz CT molecular complexity index is 583. The Morgan fingerprint density at radius 1 is 1.32 bits per heavy atom. The summed E-state index contributed by atoms with van der Waals surface area (Å²) in [6.07, 6.45) is 0.00828. The Morgan fingerprint density at radius 3 is 2.58 bits per heavy atom. The van der Waals surface area contributed by atoms with Crippen LogP contribution in [0.3, 0.4) is 0 Å². The minimum absolute atomic E-state index is 0.00828. The molecule has 0 radical (unpaired) electrons. The highest BCUT2D eigenvalue weighted by Crippen LogP contribution is 2.11. The van der Waals surface area contributed by atoms with Gasteiger partial charge in [0.1, 0.15) is 0 Å². The van der Waals surface area contributed by atoms with Gasteiger partial charge in [-0.25, -0.2) is 17.9 Å². The van der Waals surface area contributed by atoms with Crippen LogP contribution in [0.5, 0.6) is 0 Å². The van der Waals surface area contributed by atoms with E-state index in [2.05, 4.69) is 10.0 Å². The molecular formula is C11H14N2O5S. The van der Waals surface area contributed by atoms with Crippen LogP contribution in [0.15, 0.2) is 29.2 Å². The summed E-state index contributed by atoms with van der Waals surface area (Å²) in [4.78, 5) is 21.6. The van der Waals surface area contributed by atoms with Crippen LogP contribution in [-0.4, -0.2) is 39.0 Å². The van der Waals surface area contributed by atoms with Crippen molar-refractivity contribution >= 4 is 21.9 Å². The molecule has 0 saturated heterocycles. The highest BCUT2D eigenvalue weighted by atomic mass is 32.2. The van der Waals surface area contributed by atoms with Gasteiger partial charge in [0.15, 0.2) is 0 Å². The average Bonchev–Trinajstić information content (AvgIpc) is 2.38. The fourth-order valence-electron chi connectivity index (χ4n) is 1.30. The lowest BCUT2D eigenvalue weighted by molar-refractivity contribution is -0.120. The van der Waals surface area contributed by atoms with Gasteiger partial charge < -0.3 is 10.4 Å². The lowest BCUT2D eigenvalue weighted by atomic mass is 10.2. The number of rotatable bonds is 6. The zero-order valence-corrected chi connectivity index (χ0v) is 11.0. The van der Waals surface area contributed by atoms with E-state index in [1.54, 1.807) is 0 Å². The number of carboxylic acids is 1. The third-order valence-corrected chi connectivity index (χ3v) is 3.77. The molecule has 0 bridgehead atoms. The number of aromatic carboxylic acids is 1. The maximum atomic E-state index is 11.8. The first-order valence-electron chi connectivity index (χ1n) is 5.40. The molecule has 19 heavy (non-hydrogen) atoms. The molecule has 0 aliphatic heterocycles. The van der Waals surface area contributed by atoms with Crippen LogP contribution in [0.1, 0.15) is 16.8 Å². The summed E-state index contributed by atoms with van der Waals surface area (Å²) in [6, 6.07) is 4.99. The second-order valence-corrected chi connectivity index (χ2v) is 5.42. The van der Waals surface area contributed by atoms with E-state index in [1.165, 1.54) is 25.2 Å². The summed E-state index contributed by atoms with van der Waals surface area (Å²) in [5.74, 6) is -1.50. The van der Waals surface area contributed by atoms with Crippen LogP contribution < -0.4 is 10.0 Å². The highest BCUT2D eigenvalue weighted by molar-refractivity contribution is 7.89. The molecule has 0 aliphatic rings. The van der Waals surface area contributed by atoms with Crippen LogP contribution in [-0.2, 0) is 14.8 Å². The monoisotopic (exact) mass is 286 g/mol. The van der Waals surface area contributed by atoms with Gasteiger partial charge in [0, 0.05) is 20.0 Å². The molecule has 0 saturated carbocycles. The van der Waals surface area contributed by atoms with Crippen molar-refractivity contribution in [2.75, 3.05) is 13.6 Å². The molecule has 0 aromatic heterocycles. The molecule has 0 spiro atoms. The first-order valence-corrected chi connectivity index (χ1v) is 6.89. The minimum Gasteiger partial charge on any atom is -0.478 e. The molecule has 1 rings (SSSR count). The number of carbonyl (C=O) groups excluding carboxylic acids is 1. The molecule has 0 fully saturated rings. The third kappa shape index (κ3) is 4.34. The quantitative estimate of drug-likeness (QED) is 0.670. The van der Waals surface area contributed by atoms with Gasteiger partial charge in [-0.15, -0.1) is 0 Å². The predicted molar refractivity (Wildman–Crippen MR) is 67.3 cm³/mol. The molecule has 1 amide bonds. The Morgan fingerprint density at radius 2 is 2.00 bits per heavy atom. The van der Waals surface area contributed by atoms with Crippen molar-refractivity contribution in [3.05, 3.63) is 29.8 Å². The first-order chi connectivity index (χ1) is 8.86. The summed E-state index contributed by atoms with van der Waals surface area (Å²) in [5.41, 5.74) is -0.117. The fraction of sp³-hybridized carbons (Fsp3) is 0.273. The molecule has 104 valence electrons. The van der Waals surface area contributed by atoms with E-state index in [1.807, 2.05) is 0 Å². The summed E-state index contributed by atoms with van der Waals surface area (Å²) in [5, 5.41) is 11.2. The summed E-state index contributed by atoms with van der Waals surface area (Å²) < 4.78 is 25.9. The molecule has 1 aromatic rings. The van der Waals surface area contributed by atoms with Crippen LogP contribution in [0.2, 0.25) is 0 Å². The van der Waals surface area contributed by atoms with Crippen LogP contribution in [0.4, 0.5) is 0 Å². The molecule has 1 aromatic carbocycles. The van der Waals surface area contributed by atoms with E-state index in [9.17, 15) is 18.0 Å². The highest BCUT2D eigenvalue weighted by Gasteiger charge is 2.15. The SMILES string of the molecule is CNC(=O)CCNS(=O)(=O)c1cccc(C(=O)O)c1. The van der Waals surface area contributed by atoms with Gasteiger partial charge in [-0.2, -0.15) is 0 Å². The van der Waals surface area contributed by atoms with Gasteiger partial charge in [0.05, 0.1) is 10.5 Å². The average molecular weight is 286 g/mol. The van der Waals surface area contributed by atoms with Crippen molar-refractivity contribution in [1.29, 1.82) is 0 Å². The van der Waals surface area contributed by atoms with Gasteiger partial charge >= 0.3 is 5.97 Å². The molecule has 7 nitrogen and oxygen atoms in total. The molecular weight excluding hydrogens is 272 g/mol. The number of carbonyl (C=O) groups is 2. The lowest BCUT2D eigenvalue weighted by Crippen LogP contribution is -2.29. The molecule has 8 heteroatoms. The number of hydrogen-bond acceptors (Lipinski definition) is 4. The smallest absolute Gasteiger partial charge is 0.335 e. The van der Waals surface area contributed by atoms with Crippen molar-refractivity contribution < 1.29 is 23.1 Å². The minimum atomic E-state index is -3.81. The largest absolute Gasteiger partial charge is 0.478 e. The number of amides is 1. The zero-order valence-electron chi connectivity index (χ0n) is 10.2. The second kappa shape index (κ2) is 6.30.